The summed E-state index contributed by atoms with van der Waals surface area (Å²) >= 11 is 0. The molecule has 0 spiro atoms. The van der Waals surface area contributed by atoms with Crippen molar-refractivity contribution < 1.29 is 12.8 Å². The Kier molecular flexibility index (Phi) is 7.81. The molecule has 0 aliphatic carbocycles. The molecule has 0 bridgehead atoms. The minimum absolute atomic E-state index is 0.135. The summed E-state index contributed by atoms with van der Waals surface area (Å²) in [4.78, 5) is 6.38. The zero-order valence-corrected chi connectivity index (χ0v) is 18.0. The van der Waals surface area contributed by atoms with E-state index in [0.717, 1.165) is 19.2 Å². The molecule has 6 nitrogen and oxygen atoms in total. The maximum absolute atomic E-state index is 13.8. The van der Waals surface area contributed by atoms with E-state index < -0.39 is 15.7 Å². The molecule has 1 aliphatic rings. The molecule has 1 unspecified atom stereocenters. The zero-order valence-electron chi connectivity index (χ0n) is 17.2. The van der Waals surface area contributed by atoms with Crippen molar-refractivity contribution in [3.8, 4) is 0 Å². The number of hydrogen-bond acceptors (Lipinski definition) is 4. The van der Waals surface area contributed by atoms with E-state index in [1.54, 1.807) is 7.05 Å². The second-order valence-corrected chi connectivity index (χ2v) is 9.38. The molecule has 2 aromatic carbocycles. The molecular formula is C22H29FN4O2S. The molecule has 162 valence electrons. The highest BCUT2D eigenvalue weighted by Gasteiger charge is 2.23. The van der Waals surface area contributed by atoms with Crippen LogP contribution in [-0.2, 0) is 9.84 Å². The smallest absolute Gasteiger partial charge is 0.191 e. The van der Waals surface area contributed by atoms with Gasteiger partial charge in [-0.2, -0.15) is 0 Å². The number of aliphatic imine (C=N–C) groups is 1. The van der Waals surface area contributed by atoms with Gasteiger partial charge >= 0.3 is 0 Å². The van der Waals surface area contributed by atoms with Crippen LogP contribution in [0, 0.1) is 5.82 Å². The first-order valence-electron chi connectivity index (χ1n) is 10.2. The Balaban J connectivity index is 1.56. The second-order valence-electron chi connectivity index (χ2n) is 7.30. The van der Waals surface area contributed by atoms with Gasteiger partial charge in [-0.25, -0.2) is 12.8 Å². The molecule has 3 rings (SSSR count). The van der Waals surface area contributed by atoms with Crippen molar-refractivity contribution in [3.63, 3.8) is 0 Å². The van der Waals surface area contributed by atoms with E-state index in [2.05, 4.69) is 32.7 Å². The SMILES string of the molecule is CN=C(NCCS(=O)(=O)c1ccccc1F)NCC(c1ccccc1)N1CCCC1. The van der Waals surface area contributed by atoms with Gasteiger partial charge in [0, 0.05) is 20.1 Å². The summed E-state index contributed by atoms with van der Waals surface area (Å²) in [5.74, 6) is -0.418. The summed E-state index contributed by atoms with van der Waals surface area (Å²) < 4.78 is 38.6. The first-order valence-corrected chi connectivity index (χ1v) is 11.9. The lowest BCUT2D eigenvalue weighted by molar-refractivity contribution is 0.245. The Labute approximate surface area is 178 Å². The van der Waals surface area contributed by atoms with Crippen LogP contribution in [0.2, 0.25) is 0 Å². The average molecular weight is 433 g/mol. The van der Waals surface area contributed by atoms with E-state index in [9.17, 15) is 12.8 Å². The molecule has 0 saturated carbocycles. The maximum Gasteiger partial charge on any atom is 0.191 e. The quantitative estimate of drug-likeness (QED) is 0.496. The predicted octanol–water partition coefficient (Wildman–Crippen LogP) is 2.60. The Bertz CT molecular complexity index is 945. The predicted molar refractivity (Wildman–Crippen MR) is 118 cm³/mol. The van der Waals surface area contributed by atoms with Gasteiger partial charge < -0.3 is 10.6 Å². The lowest BCUT2D eigenvalue weighted by Crippen LogP contribution is -2.43. The van der Waals surface area contributed by atoms with Gasteiger partial charge in [-0.1, -0.05) is 42.5 Å². The molecule has 2 aromatic rings. The molecule has 1 saturated heterocycles. The van der Waals surface area contributed by atoms with Crippen molar-refractivity contribution >= 4 is 15.8 Å². The molecule has 1 atom stereocenters. The Morgan fingerprint density at radius 3 is 2.40 bits per heavy atom. The first kappa shape index (κ1) is 22.2. The topological polar surface area (TPSA) is 73.8 Å². The van der Waals surface area contributed by atoms with Crippen molar-refractivity contribution in [3.05, 3.63) is 66.0 Å². The molecule has 8 heteroatoms. The van der Waals surface area contributed by atoms with Crippen molar-refractivity contribution in [1.82, 2.24) is 15.5 Å². The second kappa shape index (κ2) is 10.5. The Morgan fingerprint density at radius 1 is 1.07 bits per heavy atom. The standard InChI is InChI=1S/C22H29FN4O2S/c1-24-22(25-13-16-30(28,29)21-12-6-5-11-19(21)23)26-17-20(27-14-7-8-15-27)18-9-3-2-4-10-18/h2-6,9-12,20H,7-8,13-17H2,1H3,(H2,24,25,26). The Hall–Kier alpha value is -2.45. The van der Waals surface area contributed by atoms with E-state index in [-0.39, 0.29) is 23.2 Å². The van der Waals surface area contributed by atoms with E-state index in [1.807, 2.05) is 18.2 Å². The van der Waals surface area contributed by atoms with Gasteiger partial charge in [0.2, 0.25) is 0 Å². The third-order valence-corrected chi connectivity index (χ3v) is 7.03. The van der Waals surface area contributed by atoms with E-state index >= 15 is 0 Å². The molecule has 30 heavy (non-hydrogen) atoms. The van der Waals surface area contributed by atoms with Gasteiger partial charge in [0.05, 0.1) is 11.8 Å². The van der Waals surface area contributed by atoms with Gasteiger partial charge in [-0.15, -0.1) is 0 Å². The first-order chi connectivity index (χ1) is 14.5. The monoisotopic (exact) mass is 432 g/mol. The number of halogens is 1. The lowest BCUT2D eigenvalue weighted by Gasteiger charge is -2.29. The molecule has 2 N–H and O–H groups in total. The number of rotatable bonds is 8. The molecule has 1 heterocycles. The van der Waals surface area contributed by atoms with Crippen LogP contribution < -0.4 is 10.6 Å². The maximum atomic E-state index is 13.8. The number of nitrogens with one attached hydrogen (secondary N) is 2. The summed E-state index contributed by atoms with van der Waals surface area (Å²) in [7, 11) is -2.06. The fraction of sp³-hybridized carbons (Fsp3) is 0.409. The van der Waals surface area contributed by atoms with E-state index in [0.29, 0.717) is 12.5 Å². The number of hydrogen-bond donors (Lipinski definition) is 2. The van der Waals surface area contributed by atoms with Crippen molar-refractivity contribution in [2.45, 2.75) is 23.8 Å². The van der Waals surface area contributed by atoms with Crippen molar-refractivity contribution in [1.29, 1.82) is 0 Å². The molecule has 0 radical (unpaired) electrons. The van der Waals surface area contributed by atoms with Crippen LogP contribution in [-0.4, -0.2) is 58.3 Å². The van der Waals surface area contributed by atoms with Crippen LogP contribution in [0.4, 0.5) is 4.39 Å². The number of guanidine groups is 1. The third kappa shape index (κ3) is 5.79. The van der Waals surface area contributed by atoms with Crippen LogP contribution in [0.3, 0.4) is 0 Å². The van der Waals surface area contributed by atoms with Gasteiger partial charge in [-0.3, -0.25) is 9.89 Å². The highest BCUT2D eigenvalue weighted by atomic mass is 32.2. The summed E-state index contributed by atoms with van der Waals surface area (Å²) in [5, 5.41) is 6.34. The fourth-order valence-corrected chi connectivity index (χ4v) is 4.95. The van der Waals surface area contributed by atoms with Crippen LogP contribution >= 0.6 is 0 Å². The molecule has 1 aliphatic heterocycles. The number of nitrogens with zero attached hydrogens (tertiary/aromatic N) is 2. The number of benzene rings is 2. The number of likely N-dealkylation sites (tertiary alicyclic amines) is 1. The minimum atomic E-state index is -3.71. The number of sulfone groups is 1. The summed E-state index contributed by atoms with van der Waals surface area (Å²) in [6.07, 6.45) is 2.40. The summed E-state index contributed by atoms with van der Waals surface area (Å²) in [6.45, 7) is 2.92. The third-order valence-electron chi connectivity index (χ3n) is 5.29. The highest BCUT2D eigenvalue weighted by molar-refractivity contribution is 7.91. The lowest BCUT2D eigenvalue weighted by atomic mass is 10.1. The zero-order chi connectivity index (χ0) is 21.4. The van der Waals surface area contributed by atoms with Gasteiger partial charge in [0.1, 0.15) is 10.7 Å². The van der Waals surface area contributed by atoms with E-state index in [1.165, 1.54) is 36.6 Å². The van der Waals surface area contributed by atoms with Gasteiger partial charge in [-0.05, 0) is 43.6 Å². The highest BCUT2D eigenvalue weighted by Crippen LogP contribution is 2.24. The van der Waals surface area contributed by atoms with Crippen LogP contribution in [0.25, 0.3) is 0 Å². The molecular weight excluding hydrogens is 403 g/mol. The van der Waals surface area contributed by atoms with Crippen molar-refractivity contribution in [2.75, 3.05) is 39.0 Å². The van der Waals surface area contributed by atoms with E-state index in [4.69, 9.17) is 0 Å². The van der Waals surface area contributed by atoms with Crippen LogP contribution in [0.1, 0.15) is 24.4 Å². The van der Waals surface area contributed by atoms with Crippen LogP contribution in [0.15, 0.2) is 64.5 Å². The molecule has 0 aromatic heterocycles. The minimum Gasteiger partial charge on any atom is -0.355 e. The normalized spacial score (nSPS) is 16.4. The average Bonchev–Trinajstić information content (AvgIpc) is 3.28. The van der Waals surface area contributed by atoms with Gasteiger partial charge in [0.15, 0.2) is 15.8 Å². The summed E-state index contributed by atoms with van der Waals surface area (Å²) in [5.41, 5.74) is 1.24. The summed E-state index contributed by atoms with van der Waals surface area (Å²) in [6, 6.07) is 16.0. The van der Waals surface area contributed by atoms with Crippen LogP contribution in [0.5, 0.6) is 0 Å². The fourth-order valence-electron chi connectivity index (χ4n) is 3.71. The molecule has 1 fully saturated rings. The molecule has 0 amide bonds. The largest absolute Gasteiger partial charge is 0.355 e. The van der Waals surface area contributed by atoms with Crippen molar-refractivity contribution in [2.24, 2.45) is 4.99 Å². The van der Waals surface area contributed by atoms with Gasteiger partial charge in [0.25, 0.3) is 0 Å². The Morgan fingerprint density at radius 2 is 1.73 bits per heavy atom.